The number of aliphatic hydroxyl groups is 1. The van der Waals surface area contributed by atoms with Crippen molar-refractivity contribution >= 4 is 11.9 Å². The van der Waals surface area contributed by atoms with Crippen LogP contribution >= 0.6 is 0 Å². The van der Waals surface area contributed by atoms with Gasteiger partial charge in [-0.3, -0.25) is 9.69 Å². The highest BCUT2D eigenvalue weighted by atomic mass is 16.3. The maximum Gasteiger partial charge on any atom is 0.324 e. The number of nitrogens with one attached hydrogen (secondary N) is 1. The van der Waals surface area contributed by atoms with E-state index in [0.717, 1.165) is 4.90 Å². The molecule has 1 aliphatic rings. The number of aliphatic hydroxyl groups excluding tert-OH is 1. The van der Waals surface area contributed by atoms with Crippen LogP contribution in [0, 0.1) is 0 Å². The van der Waals surface area contributed by atoms with Gasteiger partial charge in [0.1, 0.15) is 12.2 Å². The molecule has 2 heterocycles. The molecule has 0 unspecified atom stereocenters. The first-order valence-corrected chi connectivity index (χ1v) is 4.79. The smallest absolute Gasteiger partial charge is 0.324 e. The molecular weight excluding hydrogens is 214 g/mol. The zero-order valence-electron chi connectivity index (χ0n) is 8.46. The number of urea groups is 1. The fourth-order valence-corrected chi connectivity index (χ4v) is 1.42. The van der Waals surface area contributed by atoms with Crippen molar-refractivity contribution in [3.05, 3.63) is 11.9 Å². The molecule has 3 amide bonds. The van der Waals surface area contributed by atoms with Gasteiger partial charge in [0, 0.05) is 13.1 Å². The molecule has 0 atom stereocenters. The first-order valence-electron chi connectivity index (χ1n) is 4.79. The SMILES string of the molecule is O=C(Cn1cc(CO)nn1)N1CCNC1=O. The van der Waals surface area contributed by atoms with E-state index in [-0.39, 0.29) is 25.1 Å². The summed E-state index contributed by atoms with van der Waals surface area (Å²) >= 11 is 0. The fourth-order valence-electron chi connectivity index (χ4n) is 1.42. The molecule has 1 saturated heterocycles. The van der Waals surface area contributed by atoms with E-state index >= 15 is 0 Å². The van der Waals surface area contributed by atoms with Crippen molar-refractivity contribution in [2.24, 2.45) is 0 Å². The van der Waals surface area contributed by atoms with E-state index in [1.807, 2.05) is 0 Å². The summed E-state index contributed by atoms with van der Waals surface area (Å²) in [5.41, 5.74) is 0.388. The van der Waals surface area contributed by atoms with Gasteiger partial charge in [-0.15, -0.1) is 5.10 Å². The molecule has 0 radical (unpaired) electrons. The lowest BCUT2D eigenvalue weighted by Crippen LogP contribution is -2.36. The lowest BCUT2D eigenvalue weighted by molar-refractivity contribution is -0.128. The largest absolute Gasteiger partial charge is 0.390 e. The second-order valence-electron chi connectivity index (χ2n) is 3.34. The van der Waals surface area contributed by atoms with Crippen LogP contribution in [-0.4, -0.2) is 50.0 Å². The minimum atomic E-state index is -0.382. The van der Waals surface area contributed by atoms with Gasteiger partial charge in [-0.05, 0) is 0 Å². The van der Waals surface area contributed by atoms with E-state index < -0.39 is 0 Å². The predicted molar refractivity (Wildman–Crippen MR) is 51.1 cm³/mol. The van der Waals surface area contributed by atoms with Crippen LogP contribution in [0.25, 0.3) is 0 Å². The van der Waals surface area contributed by atoms with Crippen molar-refractivity contribution in [2.75, 3.05) is 13.1 Å². The Morgan fingerprint density at radius 3 is 3.00 bits per heavy atom. The van der Waals surface area contributed by atoms with Crippen LogP contribution in [0.15, 0.2) is 6.20 Å². The maximum atomic E-state index is 11.6. The molecule has 0 aromatic carbocycles. The van der Waals surface area contributed by atoms with Gasteiger partial charge in [0.2, 0.25) is 0 Å². The number of hydrogen-bond donors (Lipinski definition) is 2. The van der Waals surface area contributed by atoms with E-state index in [1.165, 1.54) is 10.9 Å². The summed E-state index contributed by atoms with van der Waals surface area (Å²) in [6.45, 7) is 0.571. The number of hydrogen-bond acceptors (Lipinski definition) is 5. The standard InChI is InChI=1S/C8H11N5O3/c14-5-6-3-12(11-10-6)4-7(15)13-2-1-9-8(13)16/h3,14H,1-2,4-5H2,(H,9,16). The van der Waals surface area contributed by atoms with E-state index in [2.05, 4.69) is 15.6 Å². The molecule has 1 aliphatic heterocycles. The summed E-state index contributed by atoms with van der Waals surface area (Å²) in [6.07, 6.45) is 1.46. The lowest BCUT2D eigenvalue weighted by atomic mass is 10.5. The van der Waals surface area contributed by atoms with Crippen LogP contribution < -0.4 is 5.32 Å². The van der Waals surface area contributed by atoms with E-state index in [4.69, 9.17) is 5.11 Å². The average Bonchev–Trinajstić information content (AvgIpc) is 2.86. The van der Waals surface area contributed by atoms with Crippen LogP contribution in [0.4, 0.5) is 4.79 Å². The normalized spacial score (nSPS) is 15.3. The van der Waals surface area contributed by atoms with Gasteiger partial charge < -0.3 is 10.4 Å². The van der Waals surface area contributed by atoms with Gasteiger partial charge in [-0.25, -0.2) is 9.48 Å². The molecule has 0 bridgehead atoms. The topological polar surface area (TPSA) is 100 Å². The Bertz CT molecular complexity index is 416. The summed E-state index contributed by atoms with van der Waals surface area (Å²) in [4.78, 5) is 23.9. The highest BCUT2D eigenvalue weighted by Gasteiger charge is 2.26. The first kappa shape index (κ1) is 10.6. The van der Waals surface area contributed by atoms with Gasteiger partial charge in [0.05, 0.1) is 12.8 Å². The number of aromatic nitrogens is 3. The number of carbonyl (C=O) groups is 2. The summed E-state index contributed by atoms with van der Waals surface area (Å²) in [5.74, 6) is -0.343. The number of carbonyl (C=O) groups excluding carboxylic acids is 2. The Morgan fingerprint density at radius 2 is 2.44 bits per heavy atom. The van der Waals surface area contributed by atoms with E-state index in [1.54, 1.807) is 0 Å². The molecule has 1 aromatic rings. The second-order valence-corrected chi connectivity index (χ2v) is 3.34. The van der Waals surface area contributed by atoms with Crippen molar-refractivity contribution in [1.82, 2.24) is 25.2 Å². The maximum absolute atomic E-state index is 11.6. The third-order valence-electron chi connectivity index (χ3n) is 2.20. The highest BCUT2D eigenvalue weighted by Crippen LogP contribution is 2.00. The minimum absolute atomic E-state index is 0.0551. The van der Waals surface area contributed by atoms with Crippen molar-refractivity contribution in [3.8, 4) is 0 Å². The first-order chi connectivity index (χ1) is 7.70. The van der Waals surface area contributed by atoms with Crippen molar-refractivity contribution < 1.29 is 14.7 Å². The summed E-state index contributed by atoms with van der Waals surface area (Å²) in [5, 5.41) is 18.6. The molecule has 86 valence electrons. The third-order valence-corrected chi connectivity index (χ3v) is 2.20. The Balaban J connectivity index is 1.99. The minimum Gasteiger partial charge on any atom is -0.390 e. The number of imide groups is 1. The van der Waals surface area contributed by atoms with Gasteiger partial charge in [0.25, 0.3) is 5.91 Å². The lowest BCUT2D eigenvalue weighted by Gasteiger charge is -2.11. The van der Waals surface area contributed by atoms with Crippen LogP contribution in [0.1, 0.15) is 5.69 Å². The molecule has 2 rings (SSSR count). The van der Waals surface area contributed by atoms with Crippen LogP contribution in [0.2, 0.25) is 0 Å². The van der Waals surface area contributed by atoms with Crippen LogP contribution in [-0.2, 0) is 17.9 Å². The second kappa shape index (κ2) is 4.27. The molecule has 16 heavy (non-hydrogen) atoms. The Kier molecular flexibility index (Phi) is 2.82. The molecule has 2 N–H and O–H groups in total. The van der Waals surface area contributed by atoms with Crippen LogP contribution in [0.5, 0.6) is 0 Å². The Morgan fingerprint density at radius 1 is 1.62 bits per heavy atom. The van der Waals surface area contributed by atoms with Gasteiger partial charge >= 0.3 is 6.03 Å². The molecule has 0 aliphatic carbocycles. The predicted octanol–water partition coefficient (Wildman–Crippen LogP) is -1.68. The van der Waals surface area contributed by atoms with Crippen molar-refractivity contribution in [2.45, 2.75) is 13.2 Å². The molecular formula is C8H11N5O3. The van der Waals surface area contributed by atoms with Gasteiger partial charge in [-0.1, -0.05) is 5.21 Å². The number of amides is 3. The van der Waals surface area contributed by atoms with E-state index in [0.29, 0.717) is 18.8 Å². The molecule has 8 heteroatoms. The third kappa shape index (κ3) is 2.01. The number of nitrogens with zero attached hydrogens (tertiary/aromatic N) is 4. The summed E-state index contributed by atoms with van der Waals surface area (Å²) < 4.78 is 1.29. The molecule has 1 aromatic heterocycles. The van der Waals surface area contributed by atoms with Gasteiger partial charge in [-0.2, -0.15) is 0 Å². The zero-order valence-corrected chi connectivity index (χ0v) is 8.46. The van der Waals surface area contributed by atoms with E-state index in [9.17, 15) is 9.59 Å². The molecule has 0 saturated carbocycles. The highest BCUT2D eigenvalue weighted by molar-refractivity contribution is 5.95. The van der Waals surface area contributed by atoms with Crippen LogP contribution in [0.3, 0.4) is 0 Å². The average molecular weight is 225 g/mol. The van der Waals surface area contributed by atoms with Crippen molar-refractivity contribution in [1.29, 1.82) is 0 Å². The fraction of sp³-hybridized carbons (Fsp3) is 0.500. The van der Waals surface area contributed by atoms with Crippen molar-refractivity contribution in [3.63, 3.8) is 0 Å². The quantitative estimate of drug-likeness (QED) is 0.640. The molecule has 8 nitrogen and oxygen atoms in total. The summed E-state index contributed by atoms with van der Waals surface area (Å²) in [7, 11) is 0. The van der Waals surface area contributed by atoms with Gasteiger partial charge in [0.15, 0.2) is 0 Å². The monoisotopic (exact) mass is 225 g/mol. The Labute approximate surface area is 90.8 Å². The molecule has 0 spiro atoms. The summed E-state index contributed by atoms with van der Waals surface area (Å²) in [6, 6.07) is -0.382. The zero-order chi connectivity index (χ0) is 11.5. The Hall–Kier alpha value is -1.96. The number of rotatable bonds is 3. The molecule has 1 fully saturated rings.